The standard InChI is InChI=1S/C21H24N4O2/c1-14-6-5-7-16(10-14)12-20(26)25-9-4-3-8-18(25)21-17(13-22-23-21)19-11-15(2)24-27-19/h5-7,10-11,13,18H,3-4,8-9,12H2,1-2H3,(H,22,23). The van der Waals surface area contributed by atoms with E-state index in [1.807, 2.05) is 43.0 Å². The van der Waals surface area contributed by atoms with Gasteiger partial charge in [-0.2, -0.15) is 5.10 Å². The van der Waals surface area contributed by atoms with Gasteiger partial charge in [0.15, 0.2) is 5.76 Å². The molecule has 2 aromatic heterocycles. The number of nitrogens with one attached hydrogen (secondary N) is 1. The van der Waals surface area contributed by atoms with Gasteiger partial charge in [0.2, 0.25) is 5.91 Å². The Morgan fingerprint density at radius 1 is 1.30 bits per heavy atom. The van der Waals surface area contributed by atoms with Crippen LogP contribution in [0.25, 0.3) is 11.3 Å². The number of hydrogen-bond donors (Lipinski definition) is 1. The second kappa shape index (κ2) is 7.39. The van der Waals surface area contributed by atoms with E-state index in [1.54, 1.807) is 6.20 Å². The number of nitrogens with zero attached hydrogens (tertiary/aromatic N) is 3. The normalized spacial score (nSPS) is 17.3. The summed E-state index contributed by atoms with van der Waals surface area (Å²) in [4.78, 5) is 15.1. The highest BCUT2D eigenvalue weighted by molar-refractivity contribution is 5.79. The van der Waals surface area contributed by atoms with E-state index in [-0.39, 0.29) is 11.9 Å². The monoisotopic (exact) mass is 364 g/mol. The summed E-state index contributed by atoms with van der Waals surface area (Å²) in [6, 6.07) is 10.0. The molecule has 1 atom stereocenters. The number of aromatic nitrogens is 3. The van der Waals surface area contributed by atoms with Crippen molar-refractivity contribution in [3.05, 3.63) is 59.0 Å². The van der Waals surface area contributed by atoms with Gasteiger partial charge in [0, 0.05) is 12.6 Å². The number of amides is 1. The first-order valence-electron chi connectivity index (χ1n) is 9.44. The van der Waals surface area contributed by atoms with Crippen molar-refractivity contribution < 1.29 is 9.32 Å². The van der Waals surface area contributed by atoms with Crippen molar-refractivity contribution in [2.75, 3.05) is 6.54 Å². The molecule has 0 bridgehead atoms. The molecular formula is C21H24N4O2. The first kappa shape index (κ1) is 17.5. The molecule has 1 aliphatic heterocycles. The molecule has 6 nitrogen and oxygen atoms in total. The lowest BCUT2D eigenvalue weighted by atomic mass is 9.95. The molecule has 0 spiro atoms. The smallest absolute Gasteiger partial charge is 0.227 e. The Kier molecular flexibility index (Phi) is 4.79. The molecule has 1 fully saturated rings. The third-order valence-corrected chi connectivity index (χ3v) is 5.16. The number of hydrogen-bond acceptors (Lipinski definition) is 4. The molecule has 1 saturated heterocycles. The molecule has 4 rings (SSSR count). The Balaban J connectivity index is 1.60. The van der Waals surface area contributed by atoms with Crippen molar-refractivity contribution in [3.8, 4) is 11.3 Å². The highest BCUT2D eigenvalue weighted by Gasteiger charge is 2.31. The minimum atomic E-state index is -0.0148. The average Bonchev–Trinajstić information content (AvgIpc) is 3.30. The number of likely N-dealkylation sites (tertiary alicyclic amines) is 1. The zero-order valence-corrected chi connectivity index (χ0v) is 15.7. The molecule has 3 heterocycles. The molecule has 6 heteroatoms. The van der Waals surface area contributed by atoms with E-state index >= 15 is 0 Å². The van der Waals surface area contributed by atoms with Crippen LogP contribution in [0.5, 0.6) is 0 Å². The van der Waals surface area contributed by atoms with Gasteiger partial charge in [-0.1, -0.05) is 35.0 Å². The number of carbonyl (C=O) groups is 1. The van der Waals surface area contributed by atoms with Gasteiger partial charge >= 0.3 is 0 Å². The first-order valence-corrected chi connectivity index (χ1v) is 9.44. The Bertz CT molecular complexity index is 943. The molecule has 140 valence electrons. The van der Waals surface area contributed by atoms with E-state index in [0.717, 1.165) is 48.3 Å². The minimum Gasteiger partial charge on any atom is -0.356 e. The van der Waals surface area contributed by atoms with Crippen molar-refractivity contribution in [1.29, 1.82) is 0 Å². The van der Waals surface area contributed by atoms with Crippen LogP contribution in [0.1, 0.15) is 47.8 Å². The van der Waals surface area contributed by atoms with E-state index in [1.165, 1.54) is 5.56 Å². The van der Waals surface area contributed by atoms with E-state index in [9.17, 15) is 4.79 Å². The highest BCUT2D eigenvalue weighted by atomic mass is 16.5. The van der Waals surface area contributed by atoms with E-state index < -0.39 is 0 Å². The third-order valence-electron chi connectivity index (χ3n) is 5.16. The fourth-order valence-electron chi connectivity index (χ4n) is 3.87. The van der Waals surface area contributed by atoms with Gasteiger partial charge in [-0.15, -0.1) is 0 Å². The Hall–Kier alpha value is -2.89. The van der Waals surface area contributed by atoms with E-state index in [2.05, 4.69) is 21.4 Å². The van der Waals surface area contributed by atoms with Gasteiger partial charge in [0.1, 0.15) is 0 Å². The largest absolute Gasteiger partial charge is 0.356 e. The van der Waals surface area contributed by atoms with Crippen LogP contribution in [-0.4, -0.2) is 32.7 Å². The van der Waals surface area contributed by atoms with Gasteiger partial charge in [-0.05, 0) is 38.7 Å². The number of piperidine rings is 1. The predicted octanol–water partition coefficient (Wildman–Crippen LogP) is 3.98. The van der Waals surface area contributed by atoms with Crippen LogP contribution < -0.4 is 0 Å². The van der Waals surface area contributed by atoms with Crippen molar-refractivity contribution in [3.63, 3.8) is 0 Å². The quantitative estimate of drug-likeness (QED) is 0.760. The zero-order valence-electron chi connectivity index (χ0n) is 15.7. The van der Waals surface area contributed by atoms with E-state index in [4.69, 9.17) is 4.52 Å². The SMILES string of the molecule is Cc1cccc(CC(=O)N2CCCCC2c2[nH]ncc2-c2cc(C)no2)c1. The van der Waals surface area contributed by atoms with Crippen molar-refractivity contribution in [2.24, 2.45) is 0 Å². The second-order valence-corrected chi connectivity index (χ2v) is 7.29. The van der Waals surface area contributed by atoms with Crippen molar-refractivity contribution in [2.45, 2.75) is 45.6 Å². The fraction of sp³-hybridized carbons (Fsp3) is 0.381. The Labute approximate surface area is 158 Å². The maximum Gasteiger partial charge on any atom is 0.227 e. The summed E-state index contributed by atoms with van der Waals surface area (Å²) in [6.45, 7) is 4.71. The van der Waals surface area contributed by atoms with Crippen molar-refractivity contribution >= 4 is 5.91 Å². The van der Waals surface area contributed by atoms with E-state index in [0.29, 0.717) is 12.2 Å². The van der Waals surface area contributed by atoms with Crippen LogP contribution in [0.2, 0.25) is 0 Å². The van der Waals surface area contributed by atoms with Gasteiger partial charge in [-0.3, -0.25) is 9.89 Å². The number of carbonyl (C=O) groups excluding carboxylic acids is 1. The molecule has 0 saturated carbocycles. The molecule has 1 aliphatic rings. The van der Waals surface area contributed by atoms with Crippen LogP contribution in [-0.2, 0) is 11.2 Å². The fourth-order valence-corrected chi connectivity index (χ4v) is 3.87. The molecule has 0 aliphatic carbocycles. The molecule has 0 radical (unpaired) electrons. The summed E-state index contributed by atoms with van der Waals surface area (Å²) >= 11 is 0. The van der Waals surface area contributed by atoms with Crippen LogP contribution in [0.3, 0.4) is 0 Å². The molecule has 3 aromatic rings. The topological polar surface area (TPSA) is 75.0 Å². The second-order valence-electron chi connectivity index (χ2n) is 7.29. The van der Waals surface area contributed by atoms with Gasteiger partial charge in [-0.25, -0.2) is 0 Å². The maximum atomic E-state index is 13.1. The van der Waals surface area contributed by atoms with Crippen LogP contribution >= 0.6 is 0 Å². The summed E-state index contributed by atoms with van der Waals surface area (Å²) in [7, 11) is 0. The Morgan fingerprint density at radius 3 is 2.96 bits per heavy atom. The number of rotatable bonds is 4. The summed E-state index contributed by atoms with van der Waals surface area (Å²) < 4.78 is 5.43. The lowest BCUT2D eigenvalue weighted by molar-refractivity contribution is -0.134. The molecule has 27 heavy (non-hydrogen) atoms. The van der Waals surface area contributed by atoms with Crippen LogP contribution in [0.4, 0.5) is 0 Å². The zero-order chi connectivity index (χ0) is 18.8. The van der Waals surface area contributed by atoms with Crippen molar-refractivity contribution in [1.82, 2.24) is 20.3 Å². The highest BCUT2D eigenvalue weighted by Crippen LogP contribution is 2.36. The Morgan fingerprint density at radius 2 is 2.19 bits per heavy atom. The summed E-state index contributed by atoms with van der Waals surface area (Å²) in [5.74, 6) is 0.840. The van der Waals surface area contributed by atoms with Gasteiger partial charge in [0.05, 0.1) is 35.6 Å². The lowest BCUT2D eigenvalue weighted by Crippen LogP contribution is -2.39. The average molecular weight is 364 g/mol. The molecular weight excluding hydrogens is 340 g/mol. The molecule has 1 aromatic carbocycles. The predicted molar refractivity (Wildman–Crippen MR) is 102 cm³/mol. The number of aryl methyl sites for hydroxylation is 2. The summed E-state index contributed by atoms with van der Waals surface area (Å²) in [6.07, 6.45) is 5.21. The van der Waals surface area contributed by atoms with Crippen LogP contribution in [0, 0.1) is 13.8 Å². The molecule has 1 unspecified atom stereocenters. The summed E-state index contributed by atoms with van der Waals surface area (Å²) in [5, 5.41) is 11.3. The van der Waals surface area contributed by atoms with Gasteiger partial charge < -0.3 is 9.42 Å². The molecule has 1 amide bonds. The minimum absolute atomic E-state index is 0.0148. The van der Waals surface area contributed by atoms with Gasteiger partial charge in [0.25, 0.3) is 0 Å². The molecule has 1 N–H and O–H groups in total. The number of aromatic amines is 1. The first-order chi connectivity index (χ1) is 13.1. The number of benzene rings is 1. The number of H-pyrrole nitrogens is 1. The summed E-state index contributed by atoms with van der Waals surface area (Å²) in [5.41, 5.74) is 4.87. The third kappa shape index (κ3) is 3.65. The maximum absolute atomic E-state index is 13.1. The lowest BCUT2D eigenvalue weighted by Gasteiger charge is -2.35. The van der Waals surface area contributed by atoms with Crippen LogP contribution in [0.15, 0.2) is 41.1 Å².